The van der Waals surface area contributed by atoms with Crippen LogP contribution in [0.15, 0.2) is 64.2 Å². The summed E-state index contributed by atoms with van der Waals surface area (Å²) in [6.07, 6.45) is 7.45. The number of carbonyl (C=O) groups excluding carboxylic acids is 2. The first kappa shape index (κ1) is 14.5. The van der Waals surface area contributed by atoms with E-state index in [4.69, 9.17) is 4.84 Å². The number of fused-ring (bicyclic) bond motifs is 1. The van der Waals surface area contributed by atoms with E-state index < -0.39 is 0 Å². The molecule has 1 aliphatic heterocycles. The van der Waals surface area contributed by atoms with Gasteiger partial charge in [-0.25, -0.2) is 0 Å². The van der Waals surface area contributed by atoms with Crippen molar-refractivity contribution in [1.82, 2.24) is 0 Å². The van der Waals surface area contributed by atoms with Crippen molar-refractivity contribution in [3.8, 4) is 5.75 Å². The van der Waals surface area contributed by atoms with E-state index in [1.807, 2.05) is 0 Å². The van der Waals surface area contributed by atoms with Gasteiger partial charge in [-0.15, -0.1) is 5.10 Å². The summed E-state index contributed by atoms with van der Waals surface area (Å²) in [5, 5.41) is 10.5. The molecule has 1 aromatic rings. The predicted octanol–water partition coefficient (Wildman–Crippen LogP) is 2.62. The quantitative estimate of drug-likeness (QED) is 0.734. The molecule has 0 fully saturated rings. The van der Waals surface area contributed by atoms with Gasteiger partial charge in [0.05, 0.1) is 11.5 Å². The Morgan fingerprint density at radius 2 is 1.86 bits per heavy atom. The molecule has 0 saturated heterocycles. The van der Waals surface area contributed by atoms with Crippen LogP contribution in [-0.2, 0) is 16.0 Å². The number of benzene rings is 1. The smallest absolute Gasteiger partial charge is 0.163 e. The zero-order valence-corrected chi connectivity index (χ0v) is 11.2. The predicted molar refractivity (Wildman–Crippen MR) is 77.0 cm³/mol. The van der Waals surface area contributed by atoms with Gasteiger partial charge in [-0.1, -0.05) is 24.3 Å². The lowest BCUT2D eigenvalue weighted by molar-refractivity contribution is -0.116. The Bertz CT molecular complexity index is 645. The monoisotopic (exact) mass is 283 g/mol. The molecule has 0 amide bonds. The summed E-state index contributed by atoms with van der Waals surface area (Å²) in [6, 6.07) is 6.98. The van der Waals surface area contributed by atoms with E-state index in [0.717, 1.165) is 0 Å². The van der Waals surface area contributed by atoms with Crippen molar-refractivity contribution in [2.24, 2.45) is 15.6 Å². The van der Waals surface area contributed by atoms with E-state index in [1.165, 1.54) is 18.4 Å². The molecule has 0 aliphatic carbocycles. The Labute approximate surface area is 121 Å². The fourth-order valence-corrected chi connectivity index (χ4v) is 1.64. The summed E-state index contributed by atoms with van der Waals surface area (Å²) < 4.78 is 0. The molecule has 0 radical (unpaired) electrons. The van der Waals surface area contributed by atoms with E-state index in [0.29, 0.717) is 11.3 Å². The second-order valence-electron chi connectivity index (χ2n) is 4.21. The molecule has 1 aromatic carbocycles. The fraction of sp³-hybridized carbons (Fsp3) is 0.133. The van der Waals surface area contributed by atoms with Crippen LogP contribution in [0.2, 0.25) is 0 Å². The molecule has 1 heterocycles. The van der Waals surface area contributed by atoms with Gasteiger partial charge < -0.3 is 4.84 Å². The number of hydrogen-bond donors (Lipinski definition) is 0. The second-order valence-corrected chi connectivity index (χ2v) is 4.21. The Morgan fingerprint density at radius 1 is 1.05 bits per heavy atom. The first-order chi connectivity index (χ1) is 10.3. The Morgan fingerprint density at radius 3 is 2.76 bits per heavy atom. The lowest BCUT2D eigenvalue weighted by Crippen LogP contribution is -2.02. The van der Waals surface area contributed by atoms with E-state index in [2.05, 4.69) is 15.6 Å². The Kier molecular flexibility index (Phi) is 5.28. The minimum atomic E-state index is -0.188. The van der Waals surface area contributed by atoms with Gasteiger partial charge in [0, 0.05) is 18.4 Å². The highest BCUT2D eigenvalue weighted by Gasteiger charge is 2.07. The highest BCUT2D eigenvalue weighted by atomic mass is 16.6. The van der Waals surface area contributed by atoms with Gasteiger partial charge in [0.15, 0.2) is 17.3 Å². The van der Waals surface area contributed by atoms with Gasteiger partial charge >= 0.3 is 0 Å². The van der Waals surface area contributed by atoms with Crippen LogP contribution in [0.1, 0.15) is 12.0 Å². The molecule has 0 saturated carbocycles. The van der Waals surface area contributed by atoms with Crippen molar-refractivity contribution < 1.29 is 14.4 Å². The second kappa shape index (κ2) is 7.64. The van der Waals surface area contributed by atoms with Crippen LogP contribution in [0.4, 0.5) is 0 Å². The maximum absolute atomic E-state index is 11.8. The standard InChI is InChI=1S/C15H13N3O3/c19-13-6-3-4-10-16-17-18-21-15-7-2-1-5-12(15)11-14(20)9-8-13/h1-5,7-10H,6,11H2. The number of carbonyl (C=O) groups is 2. The maximum atomic E-state index is 11.8. The van der Waals surface area contributed by atoms with Crippen molar-refractivity contribution in [1.29, 1.82) is 0 Å². The van der Waals surface area contributed by atoms with Crippen molar-refractivity contribution in [2.75, 3.05) is 0 Å². The van der Waals surface area contributed by atoms with Gasteiger partial charge in [0.1, 0.15) is 0 Å². The lowest BCUT2D eigenvalue weighted by Gasteiger charge is -2.03. The van der Waals surface area contributed by atoms with Gasteiger partial charge in [-0.3, -0.25) is 9.59 Å². The highest BCUT2D eigenvalue weighted by Crippen LogP contribution is 2.19. The summed E-state index contributed by atoms with van der Waals surface area (Å²) in [7, 11) is 0. The fourth-order valence-electron chi connectivity index (χ4n) is 1.64. The molecular weight excluding hydrogens is 270 g/mol. The molecule has 0 spiro atoms. The number of allylic oxidation sites excluding steroid dienone is 4. The van der Waals surface area contributed by atoms with Gasteiger partial charge in [-0.05, 0) is 29.5 Å². The van der Waals surface area contributed by atoms with Crippen LogP contribution in [0.25, 0.3) is 0 Å². The van der Waals surface area contributed by atoms with Crippen molar-refractivity contribution >= 4 is 17.8 Å². The first-order valence-corrected chi connectivity index (χ1v) is 6.33. The Balaban J connectivity index is 2.25. The third-order valence-electron chi connectivity index (χ3n) is 2.63. The van der Waals surface area contributed by atoms with Crippen molar-refractivity contribution in [3.05, 3.63) is 54.1 Å². The molecule has 0 bridgehead atoms. The average molecular weight is 283 g/mol. The first-order valence-electron chi connectivity index (χ1n) is 6.33. The van der Waals surface area contributed by atoms with Crippen molar-refractivity contribution in [2.45, 2.75) is 12.8 Å². The molecule has 0 N–H and O–H groups in total. The number of ketones is 2. The van der Waals surface area contributed by atoms with E-state index in [9.17, 15) is 9.59 Å². The largest absolute Gasteiger partial charge is 0.338 e. The van der Waals surface area contributed by atoms with Crippen LogP contribution >= 0.6 is 0 Å². The van der Waals surface area contributed by atoms with Crippen LogP contribution in [0.3, 0.4) is 0 Å². The van der Waals surface area contributed by atoms with E-state index >= 15 is 0 Å². The molecule has 106 valence electrons. The SMILES string of the molecule is O=C1C=CC(=O)Cc2ccccc2ON=NN=CC=CC1. The molecule has 0 aromatic heterocycles. The third-order valence-corrected chi connectivity index (χ3v) is 2.63. The van der Waals surface area contributed by atoms with E-state index in [1.54, 1.807) is 36.4 Å². The summed E-state index contributed by atoms with van der Waals surface area (Å²) in [6.45, 7) is 0. The molecule has 0 unspecified atom stereocenters. The molecule has 1 aliphatic rings. The highest BCUT2D eigenvalue weighted by molar-refractivity contribution is 6.00. The zero-order chi connectivity index (χ0) is 14.9. The maximum Gasteiger partial charge on any atom is 0.163 e. The van der Waals surface area contributed by atoms with Gasteiger partial charge in [0.2, 0.25) is 0 Å². The van der Waals surface area contributed by atoms with Crippen LogP contribution in [0.5, 0.6) is 5.75 Å². The third kappa shape index (κ3) is 4.94. The molecule has 0 atom stereocenters. The molecule has 6 nitrogen and oxygen atoms in total. The molecule has 2 rings (SSSR count). The van der Waals surface area contributed by atoms with Crippen LogP contribution < -0.4 is 4.84 Å². The van der Waals surface area contributed by atoms with Crippen LogP contribution in [-0.4, -0.2) is 17.8 Å². The number of nitrogens with zero attached hydrogens (tertiary/aromatic N) is 3. The minimum absolute atomic E-state index is 0.120. The van der Waals surface area contributed by atoms with E-state index in [-0.39, 0.29) is 24.4 Å². The summed E-state index contributed by atoms with van der Waals surface area (Å²) >= 11 is 0. The minimum Gasteiger partial charge on any atom is -0.338 e. The summed E-state index contributed by atoms with van der Waals surface area (Å²) in [5.41, 5.74) is 0.663. The number of rotatable bonds is 0. The summed E-state index contributed by atoms with van der Waals surface area (Å²) in [4.78, 5) is 28.5. The molecule has 21 heavy (non-hydrogen) atoms. The Hall–Kier alpha value is -2.89. The lowest BCUT2D eigenvalue weighted by atomic mass is 10.1. The summed E-state index contributed by atoms with van der Waals surface area (Å²) in [5.74, 6) is 0.0791. The number of hydrogen-bond acceptors (Lipinski definition) is 6. The average Bonchev–Trinajstić information content (AvgIpc) is 2.49. The van der Waals surface area contributed by atoms with Gasteiger partial charge in [-0.2, -0.15) is 0 Å². The van der Waals surface area contributed by atoms with Crippen LogP contribution in [0, 0.1) is 0 Å². The molecular formula is C15H13N3O3. The zero-order valence-electron chi connectivity index (χ0n) is 11.2. The molecule has 6 heteroatoms. The van der Waals surface area contributed by atoms with Gasteiger partial charge in [0.25, 0.3) is 0 Å². The van der Waals surface area contributed by atoms with Crippen molar-refractivity contribution in [3.63, 3.8) is 0 Å². The number of para-hydroxylation sites is 1. The normalized spacial score (nSPS) is 16.0. The topological polar surface area (TPSA) is 80.5 Å².